The minimum Gasteiger partial charge on any atom is -0.373 e. The van der Waals surface area contributed by atoms with E-state index in [0.29, 0.717) is 25.5 Å². The lowest BCUT2D eigenvalue weighted by Gasteiger charge is -2.36. The Kier molecular flexibility index (Phi) is 5.18. The molecule has 0 bridgehead atoms. The van der Waals surface area contributed by atoms with E-state index in [4.69, 9.17) is 0 Å². The predicted molar refractivity (Wildman–Crippen MR) is 91.3 cm³/mol. The van der Waals surface area contributed by atoms with Crippen LogP contribution in [0.15, 0.2) is 24.4 Å². The maximum Gasteiger partial charge on any atom is 0.426 e. The highest BCUT2D eigenvalue weighted by Gasteiger charge is 2.57. The monoisotopic (exact) mass is 400 g/mol. The van der Waals surface area contributed by atoms with E-state index in [9.17, 15) is 27.5 Å². The normalized spacial score (nSPS) is 18.2. The van der Waals surface area contributed by atoms with Gasteiger partial charge in [-0.25, -0.2) is 9.07 Å². The molecule has 28 heavy (non-hydrogen) atoms. The van der Waals surface area contributed by atoms with Crippen LogP contribution in [0.4, 0.5) is 17.6 Å². The van der Waals surface area contributed by atoms with Gasteiger partial charge in [-0.1, -0.05) is 11.3 Å². The van der Waals surface area contributed by atoms with Crippen LogP contribution in [-0.4, -0.2) is 55.8 Å². The van der Waals surface area contributed by atoms with E-state index >= 15 is 0 Å². The number of amides is 1. The molecule has 2 heterocycles. The van der Waals surface area contributed by atoms with Gasteiger partial charge in [0.15, 0.2) is 0 Å². The smallest absolute Gasteiger partial charge is 0.373 e. The molecule has 3 rings (SSSR count). The number of piperidine rings is 1. The second kappa shape index (κ2) is 7.16. The van der Waals surface area contributed by atoms with E-state index in [1.165, 1.54) is 16.9 Å². The zero-order valence-corrected chi connectivity index (χ0v) is 15.4. The summed E-state index contributed by atoms with van der Waals surface area (Å²) in [5.41, 5.74) is -1.81. The van der Waals surface area contributed by atoms with E-state index in [2.05, 4.69) is 10.3 Å². The number of benzene rings is 1. The number of alkyl halides is 3. The van der Waals surface area contributed by atoms with Crippen LogP contribution in [0.2, 0.25) is 0 Å². The maximum absolute atomic E-state index is 14.3. The van der Waals surface area contributed by atoms with Crippen LogP contribution in [0.1, 0.15) is 36.9 Å². The SMILES string of the molecule is Cc1ccc(-n2nncc2C2CCN(C(=O)C(C)(O)C(F)(F)F)CC2)c(F)c1. The third kappa shape index (κ3) is 3.60. The molecule has 10 heteroatoms. The number of aliphatic hydroxyl groups is 1. The molecular formula is C18H20F4N4O2. The molecule has 152 valence electrons. The van der Waals surface area contributed by atoms with E-state index in [1.807, 2.05) is 0 Å². The van der Waals surface area contributed by atoms with Gasteiger partial charge in [0.1, 0.15) is 11.5 Å². The number of nitrogens with zero attached hydrogens (tertiary/aromatic N) is 4. The Balaban J connectivity index is 1.75. The molecule has 1 amide bonds. The van der Waals surface area contributed by atoms with E-state index in [-0.39, 0.29) is 24.7 Å². The van der Waals surface area contributed by atoms with Crippen LogP contribution in [-0.2, 0) is 4.79 Å². The van der Waals surface area contributed by atoms with Crippen molar-refractivity contribution >= 4 is 5.91 Å². The molecule has 1 atom stereocenters. The van der Waals surface area contributed by atoms with Crippen molar-refractivity contribution in [2.24, 2.45) is 0 Å². The molecule has 1 saturated heterocycles. The van der Waals surface area contributed by atoms with E-state index in [1.54, 1.807) is 19.1 Å². The van der Waals surface area contributed by atoms with Crippen molar-refractivity contribution in [2.75, 3.05) is 13.1 Å². The van der Waals surface area contributed by atoms with Crippen molar-refractivity contribution in [2.45, 2.75) is 44.4 Å². The van der Waals surface area contributed by atoms with Gasteiger partial charge in [-0.05, 0) is 44.4 Å². The average Bonchev–Trinajstić information content (AvgIpc) is 3.09. The second-order valence-corrected chi connectivity index (χ2v) is 7.16. The molecule has 1 unspecified atom stereocenters. The molecule has 0 aliphatic carbocycles. The fourth-order valence-corrected chi connectivity index (χ4v) is 3.30. The number of carbonyl (C=O) groups is 1. The summed E-state index contributed by atoms with van der Waals surface area (Å²) in [6.45, 7) is 2.30. The first kappa shape index (κ1) is 20.2. The van der Waals surface area contributed by atoms with Gasteiger partial charge in [0.25, 0.3) is 5.91 Å². The highest BCUT2D eigenvalue weighted by Crippen LogP contribution is 2.34. The summed E-state index contributed by atoms with van der Waals surface area (Å²) in [5, 5.41) is 17.4. The summed E-state index contributed by atoms with van der Waals surface area (Å²) >= 11 is 0. The first-order valence-corrected chi connectivity index (χ1v) is 8.78. The fourth-order valence-electron chi connectivity index (χ4n) is 3.30. The first-order chi connectivity index (χ1) is 13.0. The standard InChI is InChI=1S/C18H20F4N4O2/c1-11-3-4-14(13(19)9-11)26-15(10-23-24-26)12-5-7-25(8-6-12)16(27)17(2,28)18(20,21)22/h3-4,9-10,12,28H,5-8H2,1-2H3. The molecule has 1 aliphatic heterocycles. The Morgan fingerprint density at radius 3 is 2.46 bits per heavy atom. The van der Waals surface area contributed by atoms with Crippen molar-refractivity contribution in [1.82, 2.24) is 19.9 Å². The Bertz CT molecular complexity index is 871. The van der Waals surface area contributed by atoms with Gasteiger partial charge in [-0.3, -0.25) is 4.79 Å². The van der Waals surface area contributed by atoms with Gasteiger partial charge in [0.2, 0.25) is 5.60 Å². The molecule has 2 aromatic rings. The Morgan fingerprint density at radius 1 is 1.25 bits per heavy atom. The number of carbonyl (C=O) groups excluding carboxylic acids is 1. The van der Waals surface area contributed by atoms with E-state index in [0.717, 1.165) is 10.5 Å². The Labute approximate surface area is 158 Å². The number of likely N-dealkylation sites (tertiary alicyclic amines) is 1. The van der Waals surface area contributed by atoms with Crippen molar-refractivity contribution in [3.05, 3.63) is 41.5 Å². The highest BCUT2D eigenvalue weighted by molar-refractivity contribution is 5.85. The third-order valence-electron chi connectivity index (χ3n) is 5.08. The van der Waals surface area contributed by atoms with Crippen LogP contribution in [0.3, 0.4) is 0 Å². The Hall–Kier alpha value is -2.49. The topological polar surface area (TPSA) is 71.2 Å². The zero-order chi connectivity index (χ0) is 20.7. The molecule has 1 aromatic carbocycles. The number of aromatic nitrogens is 3. The molecular weight excluding hydrogens is 380 g/mol. The lowest BCUT2D eigenvalue weighted by Crippen LogP contribution is -2.57. The van der Waals surface area contributed by atoms with Crippen LogP contribution in [0, 0.1) is 12.7 Å². The molecule has 0 saturated carbocycles. The summed E-state index contributed by atoms with van der Waals surface area (Å²) in [4.78, 5) is 13.1. The molecule has 0 spiro atoms. The van der Waals surface area contributed by atoms with Gasteiger partial charge in [-0.2, -0.15) is 13.2 Å². The minimum atomic E-state index is -5.05. The molecule has 6 nitrogen and oxygen atoms in total. The summed E-state index contributed by atoms with van der Waals surface area (Å²) in [6.07, 6.45) is -2.86. The number of hydrogen-bond donors (Lipinski definition) is 1. The average molecular weight is 400 g/mol. The van der Waals surface area contributed by atoms with Gasteiger partial charge < -0.3 is 10.0 Å². The zero-order valence-electron chi connectivity index (χ0n) is 15.4. The second-order valence-electron chi connectivity index (χ2n) is 7.16. The molecule has 1 fully saturated rings. The molecule has 0 radical (unpaired) electrons. The first-order valence-electron chi connectivity index (χ1n) is 8.78. The van der Waals surface area contributed by atoms with Crippen LogP contribution in [0.25, 0.3) is 5.69 Å². The van der Waals surface area contributed by atoms with Gasteiger partial charge in [0, 0.05) is 19.0 Å². The van der Waals surface area contributed by atoms with Crippen molar-refractivity contribution in [3.63, 3.8) is 0 Å². The lowest BCUT2D eigenvalue weighted by atomic mass is 9.92. The van der Waals surface area contributed by atoms with Crippen molar-refractivity contribution < 1.29 is 27.5 Å². The Morgan fingerprint density at radius 2 is 1.89 bits per heavy atom. The van der Waals surface area contributed by atoms with Gasteiger partial charge >= 0.3 is 6.18 Å². The van der Waals surface area contributed by atoms with E-state index < -0.39 is 23.5 Å². The van der Waals surface area contributed by atoms with Crippen LogP contribution < -0.4 is 0 Å². The number of halogens is 4. The molecule has 1 aromatic heterocycles. The van der Waals surface area contributed by atoms with Crippen molar-refractivity contribution in [3.8, 4) is 5.69 Å². The number of hydrogen-bond acceptors (Lipinski definition) is 4. The summed E-state index contributed by atoms with van der Waals surface area (Å²) in [6, 6.07) is 4.70. The lowest BCUT2D eigenvalue weighted by molar-refractivity contribution is -0.250. The van der Waals surface area contributed by atoms with Gasteiger partial charge in [0.05, 0.1) is 11.9 Å². The number of rotatable bonds is 3. The highest BCUT2D eigenvalue weighted by atomic mass is 19.4. The molecule has 1 N–H and O–H groups in total. The molecule has 1 aliphatic rings. The van der Waals surface area contributed by atoms with Crippen LogP contribution >= 0.6 is 0 Å². The summed E-state index contributed by atoms with van der Waals surface area (Å²) in [5.74, 6) is -1.98. The third-order valence-corrected chi connectivity index (χ3v) is 5.08. The summed E-state index contributed by atoms with van der Waals surface area (Å²) < 4.78 is 54.4. The minimum absolute atomic E-state index is 0.0390. The predicted octanol–water partition coefficient (Wildman–Crippen LogP) is 2.73. The van der Waals surface area contributed by atoms with Gasteiger partial charge in [-0.15, -0.1) is 5.10 Å². The largest absolute Gasteiger partial charge is 0.426 e. The summed E-state index contributed by atoms with van der Waals surface area (Å²) in [7, 11) is 0. The maximum atomic E-state index is 14.3. The van der Waals surface area contributed by atoms with Crippen LogP contribution in [0.5, 0.6) is 0 Å². The fraction of sp³-hybridized carbons (Fsp3) is 0.500. The van der Waals surface area contributed by atoms with Crippen molar-refractivity contribution in [1.29, 1.82) is 0 Å². The quantitative estimate of drug-likeness (QED) is 0.805. The number of aryl methyl sites for hydroxylation is 1.